The lowest BCUT2D eigenvalue weighted by molar-refractivity contribution is -0.141. The lowest BCUT2D eigenvalue weighted by Crippen LogP contribution is -2.42. The summed E-state index contributed by atoms with van der Waals surface area (Å²) in [6.45, 7) is 8.21. The van der Waals surface area contributed by atoms with Gasteiger partial charge >= 0.3 is 0 Å². The lowest BCUT2D eigenvalue weighted by Gasteiger charge is -2.22. The summed E-state index contributed by atoms with van der Waals surface area (Å²) in [6, 6.07) is 9.25. The number of carbonyl (C=O) groups excluding carboxylic acids is 2. The van der Waals surface area contributed by atoms with Gasteiger partial charge < -0.3 is 14.7 Å². The van der Waals surface area contributed by atoms with Gasteiger partial charge in [0.2, 0.25) is 0 Å². The number of benzene rings is 2. The first-order valence-electron chi connectivity index (χ1n) is 10.3. The number of nitrogens with zero attached hydrogens (tertiary/aromatic N) is 1. The molecule has 5 nitrogen and oxygen atoms in total. The van der Waals surface area contributed by atoms with Gasteiger partial charge in [0.25, 0.3) is 5.91 Å². The molecule has 0 aliphatic carbocycles. The number of fused-ring (bicyclic) bond motifs is 1. The Balaban J connectivity index is 1.79. The van der Waals surface area contributed by atoms with Crippen LogP contribution < -0.4 is 9.64 Å². The van der Waals surface area contributed by atoms with E-state index in [9.17, 15) is 14.7 Å². The lowest BCUT2D eigenvalue weighted by atomic mass is 9.90. The number of Topliss-reactive ketones (excluding diaryl/α,β-unsaturated/α-hetero) is 1. The minimum Gasteiger partial charge on any atom is -0.493 e. The number of aryl methyl sites for hydroxylation is 1. The van der Waals surface area contributed by atoms with E-state index in [1.165, 1.54) is 17.9 Å². The molecule has 2 aromatic carbocycles. The maximum atomic E-state index is 13.1. The summed E-state index contributed by atoms with van der Waals surface area (Å²) < 4.78 is 6.02. The van der Waals surface area contributed by atoms with Crippen molar-refractivity contribution in [1.29, 1.82) is 0 Å². The zero-order valence-corrected chi connectivity index (χ0v) is 19.7. The summed E-state index contributed by atoms with van der Waals surface area (Å²) in [6.07, 6.45) is 0.155. The molecule has 7 heteroatoms. The Morgan fingerprint density at radius 3 is 2.52 bits per heavy atom. The predicted octanol–water partition coefficient (Wildman–Crippen LogP) is 5.41. The molecule has 1 amide bonds. The Morgan fingerprint density at radius 1 is 1.19 bits per heavy atom. The van der Waals surface area contributed by atoms with Crippen molar-refractivity contribution in [3.63, 3.8) is 0 Å². The highest BCUT2D eigenvalue weighted by Crippen LogP contribution is 2.49. The fourth-order valence-electron chi connectivity index (χ4n) is 4.02. The van der Waals surface area contributed by atoms with Gasteiger partial charge in [-0.1, -0.05) is 49.2 Å². The van der Waals surface area contributed by atoms with Gasteiger partial charge in [-0.25, -0.2) is 0 Å². The zero-order valence-electron chi connectivity index (χ0n) is 18.2. The topological polar surface area (TPSA) is 66.8 Å². The molecule has 0 radical (unpaired) electrons. The van der Waals surface area contributed by atoms with Crippen LogP contribution in [-0.2, 0) is 15.2 Å². The van der Waals surface area contributed by atoms with Crippen LogP contribution in [0.3, 0.4) is 0 Å². The third kappa shape index (κ3) is 4.59. The van der Waals surface area contributed by atoms with Crippen molar-refractivity contribution in [3.8, 4) is 5.75 Å². The summed E-state index contributed by atoms with van der Waals surface area (Å²) in [5, 5.41) is 11.6. The highest BCUT2D eigenvalue weighted by molar-refractivity contribution is 6.38. The van der Waals surface area contributed by atoms with E-state index in [4.69, 9.17) is 27.9 Å². The zero-order chi connectivity index (χ0) is 22.9. The Labute approximate surface area is 192 Å². The maximum Gasteiger partial charge on any atom is 0.264 e. The fourth-order valence-corrected chi connectivity index (χ4v) is 4.58. The van der Waals surface area contributed by atoms with E-state index in [-0.39, 0.29) is 29.3 Å². The van der Waals surface area contributed by atoms with E-state index in [0.717, 1.165) is 16.9 Å². The number of rotatable bonds is 8. The van der Waals surface area contributed by atoms with Crippen LogP contribution in [0.4, 0.5) is 5.69 Å². The molecular weight excluding hydrogens is 437 g/mol. The molecule has 3 rings (SSSR count). The number of hydrogen-bond acceptors (Lipinski definition) is 4. The molecule has 0 fully saturated rings. The molecule has 1 N–H and O–H groups in total. The number of halogens is 2. The molecule has 0 spiro atoms. The fraction of sp³-hybridized carbons (Fsp3) is 0.417. The van der Waals surface area contributed by atoms with Gasteiger partial charge in [-0.05, 0) is 55.5 Å². The summed E-state index contributed by atoms with van der Waals surface area (Å²) in [4.78, 5) is 26.3. The maximum absolute atomic E-state index is 13.1. The molecular formula is C24H27Cl2NO4. The Hall–Kier alpha value is -2.08. The number of ether oxygens (including phenoxy) is 1. The number of aliphatic hydroxyl groups is 1. The van der Waals surface area contributed by atoms with Crippen LogP contribution in [0.25, 0.3) is 0 Å². The first-order valence-corrected chi connectivity index (χ1v) is 11.1. The van der Waals surface area contributed by atoms with Crippen LogP contribution in [0.15, 0.2) is 30.3 Å². The van der Waals surface area contributed by atoms with Crippen LogP contribution in [0, 0.1) is 6.92 Å². The quantitative estimate of drug-likeness (QED) is 0.531. The van der Waals surface area contributed by atoms with E-state index >= 15 is 0 Å². The van der Waals surface area contributed by atoms with Crippen molar-refractivity contribution in [1.82, 2.24) is 0 Å². The SMILES string of the molecule is CC(=O)CC1(O)C(=O)N(CCCOc2cc(C)ccc2C(C)C)c2c(Cl)ccc(Cl)c21. The molecule has 0 saturated carbocycles. The molecule has 1 unspecified atom stereocenters. The first-order chi connectivity index (χ1) is 14.6. The van der Waals surface area contributed by atoms with Crippen molar-refractivity contribution in [2.24, 2.45) is 0 Å². The van der Waals surface area contributed by atoms with Crippen LogP contribution in [0.2, 0.25) is 10.0 Å². The number of anilines is 1. The van der Waals surface area contributed by atoms with Gasteiger partial charge in [-0.2, -0.15) is 0 Å². The number of amides is 1. The second kappa shape index (κ2) is 9.19. The van der Waals surface area contributed by atoms with Crippen molar-refractivity contribution < 1.29 is 19.4 Å². The van der Waals surface area contributed by atoms with Crippen molar-refractivity contribution >= 4 is 40.6 Å². The minimum atomic E-state index is -2.01. The molecule has 166 valence electrons. The summed E-state index contributed by atoms with van der Waals surface area (Å²) in [5.41, 5.74) is 0.785. The normalized spacial score (nSPS) is 17.9. The largest absolute Gasteiger partial charge is 0.493 e. The van der Waals surface area contributed by atoms with Gasteiger partial charge in [0.15, 0.2) is 5.60 Å². The first kappa shape index (κ1) is 23.6. The van der Waals surface area contributed by atoms with Crippen LogP contribution in [0.1, 0.15) is 56.2 Å². The molecule has 31 heavy (non-hydrogen) atoms. The third-order valence-corrected chi connectivity index (χ3v) is 6.06. The number of hydrogen-bond donors (Lipinski definition) is 1. The van der Waals surface area contributed by atoms with Gasteiger partial charge in [0.05, 0.1) is 17.3 Å². The van der Waals surface area contributed by atoms with Gasteiger partial charge in [-0.15, -0.1) is 0 Å². The average molecular weight is 464 g/mol. The second-order valence-electron chi connectivity index (χ2n) is 8.35. The van der Waals surface area contributed by atoms with Crippen molar-refractivity contribution in [3.05, 3.63) is 57.1 Å². The summed E-state index contributed by atoms with van der Waals surface area (Å²) in [7, 11) is 0. The van der Waals surface area contributed by atoms with Crippen LogP contribution in [0.5, 0.6) is 5.75 Å². The van der Waals surface area contributed by atoms with E-state index in [1.54, 1.807) is 6.07 Å². The highest BCUT2D eigenvalue weighted by atomic mass is 35.5. The van der Waals surface area contributed by atoms with Gasteiger partial charge in [-0.3, -0.25) is 9.59 Å². The Kier molecular flexibility index (Phi) is 6.99. The van der Waals surface area contributed by atoms with Gasteiger partial charge in [0, 0.05) is 23.6 Å². The molecule has 1 heterocycles. The van der Waals surface area contributed by atoms with E-state index in [1.807, 2.05) is 13.0 Å². The van der Waals surface area contributed by atoms with E-state index in [2.05, 4.69) is 26.0 Å². The summed E-state index contributed by atoms with van der Waals surface area (Å²) >= 11 is 12.7. The Morgan fingerprint density at radius 2 is 1.87 bits per heavy atom. The minimum absolute atomic E-state index is 0.198. The highest BCUT2D eigenvalue weighted by Gasteiger charge is 2.52. The molecule has 0 aromatic heterocycles. The molecule has 1 aliphatic rings. The van der Waals surface area contributed by atoms with E-state index < -0.39 is 11.5 Å². The number of ketones is 1. The molecule has 0 saturated heterocycles. The predicted molar refractivity (Wildman–Crippen MR) is 123 cm³/mol. The van der Waals surface area contributed by atoms with E-state index in [0.29, 0.717) is 29.7 Å². The van der Waals surface area contributed by atoms with Crippen LogP contribution >= 0.6 is 23.2 Å². The van der Waals surface area contributed by atoms with Crippen LogP contribution in [-0.4, -0.2) is 29.9 Å². The molecule has 2 aromatic rings. The monoisotopic (exact) mass is 463 g/mol. The smallest absolute Gasteiger partial charge is 0.264 e. The van der Waals surface area contributed by atoms with Crippen molar-refractivity contribution in [2.45, 2.75) is 52.1 Å². The standard InChI is InChI=1S/C24H27Cl2NO4/c1-14(2)17-7-6-15(3)12-20(17)31-11-5-10-27-22-19(26)9-8-18(25)21(22)24(30,23(27)29)13-16(4)28/h6-9,12,14,30H,5,10-11,13H2,1-4H3. The van der Waals surface area contributed by atoms with Gasteiger partial charge in [0.1, 0.15) is 11.5 Å². The summed E-state index contributed by atoms with van der Waals surface area (Å²) in [5.74, 6) is 0.247. The van der Waals surface area contributed by atoms with Crippen molar-refractivity contribution in [2.75, 3.05) is 18.1 Å². The second-order valence-corrected chi connectivity index (χ2v) is 9.16. The molecule has 1 atom stereocenters. The molecule has 0 bridgehead atoms. The molecule has 1 aliphatic heterocycles. The number of carbonyl (C=O) groups is 2. The average Bonchev–Trinajstić information content (AvgIpc) is 2.89. The Bertz CT molecular complexity index is 1020. The third-order valence-electron chi connectivity index (χ3n) is 5.44.